The van der Waals surface area contributed by atoms with Crippen molar-refractivity contribution in [3.8, 4) is 11.5 Å². The van der Waals surface area contributed by atoms with Crippen molar-refractivity contribution in [1.29, 1.82) is 0 Å². The molecule has 1 aromatic heterocycles. The molecular weight excluding hydrogens is 454 g/mol. The Bertz CT molecular complexity index is 1150. The Balaban J connectivity index is 1.49. The normalized spacial score (nSPS) is 13.4. The van der Waals surface area contributed by atoms with E-state index in [9.17, 15) is 22.4 Å². The molecule has 3 aromatic rings. The van der Waals surface area contributed by atoms with Crippen LogP contribution in [0.2, 0.25) is 0 Å². The number of alkyl halides is 4. The second-order valence-corrected chi connectivity index (χ2v) is 7.58. The molecule has 0 saturated carbocycles. The fraction of sp³-hybridized carbons (Fsp3) is 0.250. The largest absolute Gasteiger partial charge is 0.454 e. The van der Waals surface area contributed by atoms with Gasteiger partial charge in [0.25, 0.3) is 0 Å². The van der Waals surface area contributed by atoms with Crippen molar-refractivity contribution in [3.05, 3.63) is 88.7 Å². The van der Waals surface area contributed by atoms with Crippen LogP contribution in [0.15, 0.2) is 60.8 Å². The lowest BCUT2D eigenvalue weighted by Gasteiger charge is -2.22. The minimum absolute atomic E-state index is 0.153. The summed E-state index contributed by atoms with van der Waals surface area (Å²) in [5.41, 5.74) is 0.288. The van der Waals surface area contributed by atoms with E-state index in [4.69, 9.17) is 9.47 Å². The van der Waals surface area contributed by atoms with Crippen molar-refractivity contribution >= 4 is 6.03 Å². The van der Waals surface area contributed by atoms with Gasteiger partial charge in [0.2, 0.25) is 6.79 Å². The SMILES string of the molecule is O=C(NCCc1ccc2c(c1)OCO2)N[C@@H](c1ccc(CF)cc1)c1ncccc1C(F)(F)F. The molecule has 2 amide bonds. The van der Waals surface area contributed by atoms with Gasteiger partial charge in [-0.15, -0.1) is 0 Å². The molecule has 2 heterocycles. The smallest absolute Gasteiger partial charge is 0.418 e. The van der Waals surface area contributed by atoms with Gasteiger partial charge in [-0.2, -0.15) is 13.2 Å². The predicted molar refractivity (Wildman–Crippen MR) is 115 cm³/mol. The highest BCUT2D eigenvalue weighted by Crippen LogP contribution is 2.35. The van der Waals surface area contributed by atoms with E-state index in [0.717, 1.165) is 11.6 Å². The highest BCUT2D eigenvalue weighted by molar-refractivity contribution is 5.75. The third-order valence-corrected chi connectivity index (χ3v) is 5.30. The van der Waals surface area contributed by atoms with Crippen LogP contribution in [-0.2, 0) is 19.3 Å². The maximum absolute atomic E-state index is 13.6. The average molecular weight is 475 g/mol. The van der Waals surface area contributed by atoms with Crippen LogP contribution < -0.4 is 20.1 Å². The molecule has 2 N–H and O–H groups in total. The number of rotatable bonds is 7. The number of halogens is 4. The van der Waals surface area contributed by atoms with Gasteiger partial charge in [0, 0.05) is 12.7 Å². The lowest BCUT2D eigenvalue weighted by molar-refractivity contribution is -0.138. The second kappa shape index (κ2) is 9.98. The number of ether oxygens (including phenoxy) is 2. The van der Waals surface area contributed by atoms with Crippen LogP contribution in [0.3, 0.4) is 0 Å². The predicted octanol–water partition coefficient (Wildman–Crippen LogP) is 4.93. The minimum Gasteiger partial charge on any atom is -0.454 e. The summed E-state index contributed by atoms with van der Waals surface area (Å²) in [7, 11) is 0. The molecule has 1 aliphatic rings. The molecule has 34 heavy (non-hydrogen) atoms. The molecule has 6 nitrogen and oxygen atoms in total. The second-order valence-electron chi connectivity index (χ2n) is 7.58. The summed E-state index contributed by atoms with van der Waals surface area (Å²) in [4.78, 5) is 16.5. The van der Waals surface area contributed by atoms with Crippen molar-refractivity contribution < 1.29 is 31.8 Å². The Hall–Kier alpha value is -3.82. The monoisotopic (exact) mass is 475 g/mol. The van der Waals surface area contributed by atoms with Crippen LogP contribution in [0, 0.1) is 0 Å². The van der Waals surface area contributed by atoms with Crippen molar-refractivity contribution in [2.24, 2.45) is 0 Å². The number of fused-ring (bicyclic) bond motifs is 1. The fourth-order valence-electron chi connectivity index (χ4n) is 3.59. The molecule has 1 aliphatic heterocycles. The maximum Gasteiger partial charge on any atom is 0.418 e. The number of pyridine rings is 1. The zero-order chi connectivity index (χ0) is 24.1. The summed E-state index contributed by atoms with van der Waals surface area (Å²) in [5.74, 6) is 1.26. The maximum atomic E-state index is 13.6. The topological polar surface area (TPSA) is 72.5 Å². The van der Waals surface area contributed by atoms with E-state index in [-0.39, 0.29) is 19.0 Å². The summed E-state index contributed by atoms with van der Waals surface area (Å²) in [6, 6.07) is 11.5. The van der Waals surface area contributed by atoms with E-state index < -0.39 is 30.5 Å². The first-order chi connectivity index (χ1) is 16.3. The number of hydrogen-bond acceptors (Lipinski definition) is 4. The highest BCUT2D eigenvalue weighted by Gasteiger charge is 2.37. The van der Waals surface area contributed by atoms with E-state index >= 15 is 0 Å². The Kier molecular flexibility index (Phi) is 6.85. The molecule has 0 fully saturated rings. The van der Waals surface area contributed by atoms with E-state index in [1.165, 1.54) is 36.5 Å². The highest BCUT2D eigenvalue weighted by atomic mass is 19.4. The molecule has 4 rings (SSSR count). The van der Waals surface area contributed by atoms with Crippen molar-refractivity contribution in [3.63, 3.8) is 0 Å². The zero-order valence-electron chi connectivity index (χ0n) is 17.9. The Labute approximate surface area is 192 Å². The molecule has 0 aliphatic carbocycles. The molecule has 10 heteroatoms. The number of carbonyl (C=O) groups is 1. The third-order valence-electron chi connectivity index (χ3n) is 5.30. The van der Waals surface area contributed by atoms with E-state index in [2.05, 4.69) is 15.6 Å². The van der Waals surface area contributed by atoms with Crippen molar-refractivity contribution in [1.82, 2.24) is 15.6 Å². The van der Waals surface area contributed by atoms with Gasteiger partial charge in [0.15, 0.2) is 11.5 Å². The van der Waals surface area contributed by atoms with Gasteiger partial charge in [0.1, 0.15) is 6.67 Å². The quantitative estimate of drug-likeness (QED) is 0.476. The number of aromatic nitrogens is 1. The summed E-state index contributed by atoms with van der Waals surface area (Å²) < 4.78 is 64.4. The summed E-state index contributed by atoms with van der Waals surface area (Å²) in [5, 5.41) is 5.24. The van der Waals surface area contributed by atoms with Crippen LogP contribution in [0.25, 0.3) is 0 Å². The third kappa shape index (κ3) is 5.38. The number of hydrogen-bond donors (Lipinski definition) is 2. The van der Waals surface area contributed by atoms with Gasteiger partial charge in [-0.25, -0.2) is 9.18 Å². The van der Waals surface area contributed by atoms with Gasteiger partial charge < -0.3 is 20.1 Å². The zero-order valence-corrected chi connectivity index (χ0v) is 17.9. The van der Waals surface area contributed by atoms with E-state index in [1.54, 1.807) is 12.1 Å². The summed E-state index contributed by atoms with van der Waals surface area (Å²) in [6.45, 7) is -0.329. The fourth-order valence-corrected chi connectivity index (χ4v) is 3.59. The summed E-state index contributed by atoms with van der Waals surface area (Å²) in [6.07, 6.45) is -2.97. The number of nitrogens with one attached hydrogen (secondary N) is 2. The number of nitrogens with zero attached hydrogens (tertiary/aromatic N) is 1. The van der Waals surface area contributed by atoms with Crippen LogP contribution in [0.4, 0.5) is 22.4 Å². The first kappa shape index (κ1) is 23.3. The molecule has 0 saturated heterocycles. The molecule has 1 atom stereocenters. The average Bonchev–Trinajstić information content (AvgIpc) is 3.30. The summed E-state index contributed by atoms with van der Waals surface area (Å²) >= 11 is 0. The number of amides is 2. The number of benzene rings is 2. The van der Waals surface area contributed by atoms with Crippen LogP contribution >= 0.6 is 0 Å². The van der Waals surface area contributed by atoms with Gasteiger partial charge in [-0.1, -0.05) is 30.3 Å². The lowest BCUT2D eigenvalue weighted by Crippen LogP contribution is -2.40. The first-order valence-corrected chi connectivity index (χ1v) is 10.4. The first-order valence-electron chi connectivity index (χ1n) is 10.4. The Morgan fingerprint density at radius 2 is 1.76 bits per heavy atom. The Morgan fingerprint density at radius 1 is 1.03 bits per heavy atom. The van der Waals surface area contributed by atoms with Gasteiger partial charge in [-0.3, -0.25) is 4.98 Å². The molecule has 178 valence electrons. The molecular formula is C24H21F4N3O3. The minimum atomic E-state index is -4.67. The Morgan fingerprint density at radius 3 is 2.50 bits per heavy atom. The molecule has 0 spiro atoms. The lowest BCUT2D eigenvalue weighted by atomic mass is 9.98. The van der Waals surface area contributed by atoms with Crippen molar-refractivity contribution in [2.45, 2.75) is 25.3 Å². The van der Waals surface area contributed by atoms with Crippen LogP contribution in [-0.4, -0.2) is 24.4 Å². The van der Waals surface area contributed by atoms with Gasteiger partial charge in [0.05, 0.1) is 17.3 Å². The van der Waals surface area contributed by atoms with E-state index in [0.29, 0.717) is 29.0 Å². The molecule has 0 unspecified atom stereocenters. The van der Waals surface area contributed by atoms with Crippen molar-refractivity contribution in [2.75, 3.05) is 13.3 Å². The van der Waals surface area contributed by atoms with Crippen LogP contribution in [0.1, 0.15) is 34.0 Å². The number of urea groups is 1. The van der Waals surface area contributed by atoms with Gasteiger partial charge in [-0.05, 0) is 47.4 Å². The molecule has 0 bridgehead atoms. The molecule has 0 radical (unpaired) electrons. The standard InChI is InChI=1S/C24H21F4N3O3/c25-13-16-3-6-17(7-4-16)21(22-18(24(26,27)28)2-1-10-29-22)31-23(32)30-11-9-15-5-8-19-20(12-15)34-14-33-19/h1-8,10,12,21H,9,11,13-14H2,(H2,30,31,32)/t21-/m0/s1. The number of carbonyl (C=O) groups excluding carboxylic acids is 1. The van der Waals surface area contributed by atoms with E-state index in [1.807, 2.05) is 6.07 Å². The molecule has 2 aromatic carbocycles. The van der Waals surface area contributed by atoms with Gasteiger partial charge >= 0.3 is 12.2 Å². The van der Waals surface area contributed by atoms with Crippen LogP contribution in [0.5, 0.6) is 11.5 Å².